The summed E-state index contributed by atoms with van der Waals surface area (Å²) < 4.78 is 10.6. The fraction of sp³-hybridized carbons (Fsp3) is 0.267. The summed E-state index contributed by atoms with van der Waals surface area (Å²) in [5, 5.41) is 3.05. The largest absolute Gasteiger partial charge is 0.462 e. The van der Waals surface area contributed by atoms with Gasteiger partial charge in [0.25, 0.3) is 0 Å². The summed E-state index contributed by atoms with van der Waals surface area (Å²) in [4.78, 5) is 11.7. The summed E-state index contributed by atoms with van der Waals surface area (Å²) in [6, 6.07) is 9.52. The summed E-state index contributed by atoms with van der Waals surface area (Å²) in [6.07, 6.45) is 0. The average Bonchev–Trinajstić information content (AvgIpc) is 2.81. The summed E-state index contributed by atoms with van der Waals surface area (Å²) in [5.74, 6) is 0.899. The second kappa shape index (κ2) is 5.61. The summed E-state index contributed by atoms with van der Waals surface area (Å²) >= 11 is 0. The summed E-state index contributed by atoms with van der Waals surface area (Å²) in [5.41, 5.74) is 2.44. The van der Waals surface area contributed by atoms with E-state index in [1.165, 1.54) is 0 Å². The number of hydrogen-bond acceptors (Lipinski definition) is 4. The number of nitrogens with one attached hydrogen (secondary N) is 1. The molecule has 4 nitrogen and oxygen atoms in total. The number of furan rings is 1. The number of aryl methyl sites for hydroxylation is 1. The molecular weight excluding hydrogens is 242 g/mol. The molecule has 0 aliphatic rings. The minimum Gasteiger partial charge on any atom is -0.462 e. The zero-order chi connectivity index (χ0) is 13.8. The molecule has 0 amide bonds. The molecule has 0 atom stereocenters. The number of carbonyl (C=O) groups is 1. The van der Waals surface area contributed by atoms with Gasteiger partial charge in [0.15, 0.2) is 0 Å². The van der Waals surface area contributed by atoms with Gasteiger partial charge in [-0.3, -0.25) is 0 Å². The maximum Gasteiger partial charge on any atom is 0.341 e. The number of esters is 1. The molecule has 0 fully saturated rings. The van der Waals surface area contributed by atoms with Gasteiger partial charge in [0.2, 0.25) is 0 Å². The van der Waals surface area contributed by atoms with Gasteiger partial charge in [-0.15, -0.1) is 0 Å². The van der Waals surface area contributed by atoms with E-state index in [1.807, 2.05) is 31.3 Å². The molecule has 100 valence electrons. The minimum absolute atomic E-state index is 0.346. The Morgan fingerprint density at radius 3 is 2.58 bits per heavy atom. The van der Waals surface area contributed by atoms with Crippen molar-refractivity contribution in [2.24, 2.45) is 0 Å². The molecule has 1 heterocycles. The molecule has 0 saturated heterocycles. The van der Waals surface area contributed by atoms with E-state index in [0.29, 0.717) is 23.7 Å². The van der Waals surface area contributed by atoms with E-state index in [4.69, 9.17) is 9.15 Å². The topological polar surface area (TPSA) is 51.5 Å². The molecule has 0 bridgehead atoms. The Kier molecular flexibility index (Phi) is 3.90. The number of hydrogen-bond donors (Lipinski definition) is 1. The highest BCUT2D eigenvalue weighted by atomic mass is 16.5. The lowest BCUT2D eigenvalue weighted by Gasteiger charge is -2.00. The van der Waals surface area contributed by atoms with E-state index >= 15 is 0 Å². The van der Waals surface area contributed by atoms with E-state index in [9.17, 15) is 4.79 Å². The van der Waals surface area contributed by atoms with E-state index in [0.717, 1.165) is 11.3 Å². The Labute approximate surface area is 112 Å². The van der Waals surface area contributed by atoms with Crippen LogP contribution in [0.25, 0.3) is 11.3 Å². The molecule has 2 rings (SSSR count). The second-order valence-electron chi connectivity index (χ2n) is 4.13. The zero-order valence-corrected chi connectivity index (χ0v) is 11.3. The Morgan fingerprint density at radius 2 is 2.00 bits per heavy atom. The third kappa shape index (κ3) is 2.78. The van der Waals surface area contributed by atoms with Gasteiger partial charge in [0.1, 0.15) is 17.1 Å². The van der Waals surface area contributed by atoms with Gasteiger partial charge >= 0.3 is 5.97 Å². The third-order valence-corrected chi connectivity index (χ3v) is 2.87. The molecule has 2 aromatic rings. The van der Waals surface area contributed by atoms with Crippen LogP contribution >= 0.6 is 0 Å². The highest BCUT2D eigenvalue weighted by molar-refractivity contribution is 5.91. The standard InChI is InChI=1S/C15H17NO3/c1-4-18-15(17)13-9-14(19-10(13)2)11-5-7-12(16-3)8-6-11/h5-9,16H,4H2,1-3H3. The van der Waals surface area contributed by atoms with E-state index in [-0.39, 0.29) is 5.97 Å². The Hall–Kier alpha value is -2.23. The highest BCUT2D eigenvalue weighted by Gasteiger charge is 2.16. The van der Waals surface area contributed by atoms with Gasteiger partial charge in [-0.1, -0.05) is 0 Å². The first-order valence-electron chi connectivity index (χ1n) is 6.21. The van der Waals surface area contributed by atoms with Crippen molar-refractivity contribution >= 4 is 11.7 Å². The molecule has 0 radical (unpaired) electrons. The van der Waals surface area contributed by atoms with Crippen molar-refractivity contribution in [3.05, 3.63) is 41.7 Å². The molecule has 1 aromatic heterocycles. The van der Waals surface area contributed by atoms with Gasteiger partial charge in [-0.25, -0.2) is 4.79 Å². The van der Waals surface area contributed by atoms with Gasteiger partial charge in [0, 0.05) is 18.3 Å². The van der Waals surface area contributed by atoms with Crippen molar-refractivity contribution in [3.63, 3.8) is 0 Å². The van der Waals surface area contributed by atoms with Crippen molar-refractivity contribution in [1.29, 1.82) is 0 Å². The summed E-state index contributed by atoms with van der Waals surface area (Å²) in [7, 11) is 1.87. The van der Waals surface area contributed by atoms with Crippen LogP contribution in [0.4, 0.5) is 5.69 Å². The third-order valence-electron chi connectivity index (χ3n) is 2.87. The van der Waals surface area contributed by atoms with Gasteiger partial charge in [-0.05, 0) is 44.2 Å². The Bertz CT molecular complexity index is 570. The van der Waals surface area contributed by atoms with Crippen LogP contribution in [0.2, 0.25) is 0 Å². The minimum atomic E-state index is -0.346. The normalized spacial score (nSPS) is 10.3. The molecular formula is C15H17NO3. The number of carbonyl (C=O) groups excluding carboxylic acids is 1. The fourth-order valence-electron chi connectivity index (χ4n) is 1.84. The SMILES string of the molecule is CCOC(=O)c1cc(-c2ccc(NC)cc2)oc1C. The average molecular weight is 259 g/mol. The van der Waals surface area contributed by atoms with Gasteiger partial charge < -0.3 is 14.5 Å². The molecule has 0 spiro atoms. The van der Waals surface area contributed by atoms with Crippen LogP contribution < -0.4 is 5.32 Å². The number of anilines is 1. The van der Waals surface area contributed by atoms with Crippen LogP contribution in [0.5, 0.6) is 0 Å². The molecule has 19 heavy (non-hydrogen) atoms. The van der Waals surface area contributed by atoms with Gasteiger partial charge in [-0.2, -0.15) is 0 Å². The molecule has 0 aliphatic carbocycles. The van der Waals surface area contributed by atoms with E-state index < -0.39 is 0 Å². The molecule has 4 heteroatoms. The number of benzene rings is 1. The number of rotatable bonds is 4. The molecule has 0 saturated carbocycles. The maximum atomic E-state index is 11.7. The van der Waals surface area contributed by atoms with Crippen LogP contribution in [0.1, 0.15) is 23.0 Å². The van der Waals surface area contributed by atoms with E-state index in [1.54, 1.807) is 19.9 Å². The van der Waals surface area contributed by atoms with Crippen LogP contribution in [-0.2, 0) is 4.74 Å². The van der Waals surface area contributed by atoms with Crippen molar-refractivity contribution in [2.45, 2.75) is 13.8 Å². The highest BCUT2D eigenvalue weighted by Crippen LogP contribution is 2.26. The maximum absolute atomic E-state index is 11.7. The smallest absolute Gasteiger partial charge is 0.341 e. The second-order valence-corrected chi connectivity index (χ2v) is 4.13. The van der Waals surface area contributed by atoms with Crippen LogP contribution in [-0.4, -0.2) is 19.6 Å². The molecule has 1 aromatic carbocycles. The first-order valence-corrected chi connectivity index (χ1v) is 6.21. The van der Waals surface area contributed by atoms with Crippen LogP contribution in [0, 0.1) is 6.92 Å². The van der Waals surface area contributed by atoms with E-state index in [2.05, 4.69) is 5.32 Å². The predicted octanol–water partition coefficient (Wildman–Crippen LogP) is 3.47. The Morgan fingerprint density at radius 1 is 1.32 bits per heavy atom. The first-order chi connectivity index (χ1) is 9.15. The van der Waals surface area contributed by atoms with Crippen molar-refractivity contribution < 1.29 is 13.9 Å². The summed E-state index contributed by atoms with van der Waals surface area (Å²) in [6.45, 7) is 3.90. The van der Waals surface area contributed by atoms with Gasteiger partial charge in [0.05, 0.1) is 6.61 Å². The molecule has 1 N–H and O–H groups in total. The van der Waals surface area contributed by atoms with Crippen molar-refractivity contribution in [1.82, 2.24) is 0 Å². The lowest BCUT2D eigenvalue weighted by molar-refractivity contribution is 0.0524. The lowest BCUT2D eigenvalue weighted by Crippen LogP contribution is -2.04. The van der Waals surface area contributed by atoms with Crippen LogP contribution in [0.3, 0.4) is 0 Å². The predicted molar refractivity (Wildman–Crippen MR) is 74.4 cm³/mol. The van der Waals surface area contributed by atoms with Crippen molar-refractivity contribution in [2.75, 3.05) is 19.0 Å². The zero-order valence-electron chi connectivity index (χ0n) is 11.3. The first kappa shape index (κ1) is 13.2. The molecule has 0 unspecified atom stereocenters. The van der Waals surface area contributed by atoms with Crippen molar-refractivity contribution in [3.8, 4) is 11.3 Å². The molecule has 0 aliphatic heterocycles. The Balaban J connectivity index is 2.30. The fourth-order valence-corrected chi connectivity index (χ4v) is 1.84. The quantitative estimate of drug-likeness (QED) is 0.854. The van der Waals surface area contributed by atoms with Crippen LogP contribution in [0.15, 0.2) is 34.7 Å². The lowest BCUT2D eigenvalue weighted by atomic mass is 10.1. The number of ether oxygens (including phenoxy) is 1. The monoisotopic (exact) mass is 259 g/mol.